The van der Waals surface area contributed by atoms with Gasteiger partial charge < -0.3 is 19.3 Å². The summed E-state index contributed by atoms with van der Waals surface area (Å²) in [5.74, 6) is 0.393. The Morgan fingerprint density at radius 3 is 2.79 bits per heavy atom. The number of amides is 1. The summed E-state index contributed by atoms with van der Waals surface area (Å²) in [7, 11) is 0. The number of carboxylic acid groups (broad SMARTS) is 1. The minimum absolute atomic E-state index is 0.101. The second-order valence-electron chi connectivity index (χ2n) is 6.87. The fourth-order valence-corrected chi connectivity index (χ4v) is 3.92. The summed E-state index contributed by atoms with van der Waals surface area (Å²) in [6.45, 7) is 4.20. The molecule has 28 heavy (non-hydrogen) atoms. The van der Waals surface area contributed by atoms with E-state index in [-0.39, 0.29) is 18.4 Å². The molecule has 7 nitrogen and oxygen atoms in total. The first-order valence-electron chi connectivity index (χ1n) is 9.43. The van der Waals surface area contributed by atoms with Crippen molar-refractivity contribution in [3.8, 4) is 0 Å². The van der Waals surface area contributed by atoms with Crippen LogP contribution in [0.5, 0.6) is 0 Å². The van der Waals surface area contributed by atoms with Crippen LogP contribution in [0.4, 0.5) is 6.01 Å². The highest BCUT2D eigenvalue weighted by Crippen LogP contribution is 2.29. The lowest BCUT2D eigenvalue weighted by atomic mass is 9.95. The molecular weight excluding hydrogens is 382 g/mol. The second kappa shape index (κ2) is 9.10. The Morgan fingerprint density at radius 1 is 1.39 bits per heavy atom. The van der Waals surface area contributed by atoms with Gasteiger partial charge in [0.15, 0.2) is 5.58 Å². The van der Waals surface area contributed by atoms with Gasteiger partial charge in [-0.3, -0.25) is 9.59 Å². The summed E-state index contributed by atoms with van der Waals surface area (Å²) < 4.78 is 5.84. The van der Waals surface area contributed by atoms with Crippen molar-refractivity contribution >= 4 is 41.1 Å². The van der Waals surface area contributed by atoms with Crippen molar-refractivity contribution in [2.45, 2.75) is 32.2 Å². The molecule has 3 heterocycles. The zero-order valence-electron chi connectivity index (χ0n) is 15.8. The van der Waals surface area contributed by atoms with Crippen LogP contribution in [0.25, 0.3) is 11.1 Å². The highest BCUT2D eigenvalue weighted by molar-refractivity contribution is 6.31. The molecule has 1 saturated heterocycles. The number of halogens is 1. The highest BCUT2D eigenvalue weighted by Gasteiger charge is 2.33. The van der Waals surface area contributed by atoms with Gasteiger partial charge in [-0.25, -0.2) is 0 Å². The summed E-state index contributed by atoms with van der Waals surface area (Å²) >= 11 is 6.00. The molecule has 0 spiro atoms. The number of fused-ring (bicyclic) bond motifs is 1. The molecule has 1 amide bonds. The van der Waals surface area contributed by atoms with Crippen LogP contribution >= 0.6 is 11.6 Å². The maximum atomic E-state index is 12.8. The van der Waals surface area contributed by atoms with Crippen LogP contribution in [0.3, 0.4) is 0 Å². The zero-order valence-corrected chi connectivity index (χ0v) is 16.5. The molecule has 2 aromatic rings. The van der Waals surface area contributed by atoms with E-state index in [0.717, 1.165) is 44.4 Å². The minimum Gasteiger partial charge on any atom is -0.483 e. The van der Waals surface area contributed by atoms with Crippen LogP contribution in [0.1, 0.15) is 26.2 Å². The molecule has 1 N–H and O–H groups in total. The van der Waals surface area contributed by atoms with Gasteiger partial charge in [0.25, 0.3) is 12.5 Å². The molecule has 8 heteroatoms. The second-order valence-corrected chi connectivity index (χ2v) is 7.31. The third-order valence-corrected chi connectivity index (χ3v) is 5.45. The molecule has 1 aromatic heterocycles. The third kappa shape index (κ3) is 4.30. The number of anilines is 1. The lowest BCUT2D eigenvalue weighted by molar-refractivity contribution is -0.136. The molecule has 0 saturated carbocycles. The van der Waals surface area contributed by atoms with Crippen LogP contribution in [0, 0.1) is 5.92 Å². The molecule has 1 fully saturated rings. The van der Waals surface area contributed by atoms with Gasteiger partial charge in [-0.1, -0.05) is 30.7 Å². The molecule has 0 aliphatic carbocycles. The van der Waals surface area contributed by atoms with Crippen LogP contribution in [-0.4, -0.2) is 53.0 Å². The number of hydrogen-bond acceptors (Lipinski definition) is 5. The van der Waals surface area contributed by atoms with E-state index in [1.165, 1.54) is 0 Å². The molecule has 150 valence electrons. The number of rotatable bonds is 3. The van der Waals surface area contributed by atoms with Crippen molar-refractivity contribution in [2.24, 2.45) is 5.92 Å². The number of carbonyl (C=O) groups is 2. The number of oxazole rings is 1. The van der Waals surface area contributed by atoms with Crippen molar-refractivity contribution in [2.75, 3.05) is 24.5 Å². The maximum absolute atomic E-state index is 12.8. The molecule has 1 aromatic carbocycles. The Bertz CT molecular complexity index is 858. The van der Waals surface area contributed by atoms with E-state index >= 15 is 0 Å². The number of benzene rings is 1. The van der Waals surface area contributed by atoms with Gasteiger partial charge in [0.2, 0.25) is 5.91 Å². The van der Waals surface area contributed by atoms with Gasteiger partial charge in [0.05, 0.1) is 6.04 Å². The molecule has 1 atom stereocenters. The molecule has 2 aliphatic rings. The first-order chi connectivity index (χ1) is 13.6. The lowest BCUT2D eigenvalue weighted by Crippen LogP contribution is -2.44. The van der Waals surface area contributed by atoms with Crippen molar-refractivity contribution in [3.05, 3.63) is 35.4 Å². The predicted octanol–water partition coefficient (Wildman–Crippen LogP) is 3.58. The van der Waals surface area contributed by atoms with Crippen LogP contribution in [0.15, 0.2) is 34.8 Å². The largest absolute Gasteiger partial charge is 0.483 e. The van der Waals surface area contributed by atoms with Crippen molar-refractivity contribution in [1.82, 2.24) is 9.88 Å². The van der Waals surface area contributed by atoms with Crippen molar-refractivity contribution in [1.29, 1.82) is 0 Å². The van der Waals surface area contributed by atoms with Crippen LogP contribution < -0.4 is 4.90 Å². The van der Waals surface area contributed by atoms with E-state index in [1.807, 2.05) is 17.0 Å². The normalized spacial score (nSPS) is 19.6. The number of hydrogen-bond donors (Lipinski definition) is 1. The number of aromatic nitrogens is 1. The maximum Gasteiger partial charge on any atom is 0.298 e. The number of piperidine rings is 1. The van der Waals surface area contributed by atoms with E-state index < -0.39 is 0 Å². The molecule has 1 unspecified atom stereocenters. The smallest absolute Gasteiger partial charge is 0.298 e. The van der Waals surface area contributed by atoms with Crippen LogP contribution in [0.2, 0.25) is 5.02 Å². The minimum atomic E-state index is -0.250. The van der Waals surface area contributed by atoms with Gasteiger partial charge in [0.1, 0.15) is 5.52 Å². The average molecular weight is 406 g/mol. The molecule has 4 rings (SSSR count). The molecule has 0 radical (unpaired) electrons. The molecular formula is C20H24ClN3O4. The summed E-state index contributed by atoms with van der Waals surface area (Å²) in [6.07, 6.45) is 6.91. The molecule has 2 aliphatic heterocycles. The Balaban J connectivity index is 0.000000706. The standard InChI is InChI=1S/C19H22ClN3O2.CH2O2/c1-2-15-4-3-9-23(15)18(24)13-7-10-22(11-8-13)19-21-16-6-5-14(20)12-17(16)25-19;2-1-3/h3-6,12-13,15H,2,7-11H2,1H3;1H,(H,2,3). The average Bonchev–Trinajstić information content (AvgIpc) is 3.34. The summed E-state index contributed by atoms with van der Waals surface area (Å²) in [5, 5.41) is 7.53. The van der Waals surface area contributed by atoms with E-state index in [0.29, 0.717) is 22.5 Å². The van der Waals surface area contributed by atoms with Gasteiger partial charge in [-0.15, -0.1) is 0 Å². The molecule has 0 bridgehead atoms. The van der Waals surface area contributed by atoms with Crippen LogP contribution in [-0.2, 0) is 9.59 Å². The zero-order chi connectivity index (χ0) is 20.1. The Labute approximate surface area is 168 Å². The highest BCUT2D eigenvalue weighted by atomic mass is 35.5. The van der Waals surface area contributed by atoms with E-state index in [4.69, 9.17) is 25.9 Å². The van der Waals surface area contributed by atoms with Crippen molar-refractivity contribution in [3.63, 3.8) is 0 Å². The summed E-state index contributed by atoms with van der Waals surface area (Å²) in [4.78, 5) is 29.8. The Morgan fingerprint density at radius 2 is 2.11 bits per heavy atom. The Kier molecular flexibility index (Phi) is 6.57. The topological polar surface area (TPSA) is 86.9 Å². The fraction of sp³-hybridized carbons (Fsp3) is 0.450. The van der Waals surface area contributed by atoms with Gasteiger partial charge in [-0.2, -0.15) is 4.98 Å². The first-order valence-corrected chi connectivity index (χ1v) is 9.81. The van der Waals surface area contributed by atoms with Crippen molar-refractivity contribution < 1.29 is 19.1 Å². The van der Waals surface area contributed by atoms with E-state index in [9.17, 15) is 4.79 Å². The third-order valence-electron chi connectivity index (χ3n) is 5.22. The van der Waals surface area contributed by atoms with E-state index in [1.54, 1.807) is 6.07 Å². The van der Waals surface area contributed by atoms with E-state index in [2.05, 4.69) is 29.0 Å². The number of nitrogens with zero attached hydrogens (tertiary/aromatic N) is 3. The monoisotopic (exact) mass is 405 g/mol. The van der Waals surface area contributed by atoms with Gasteiger partial charge in [-0.05, 0) is 31.4 Å². The summed E-state index contributed by atoms with van der Waals surface area (Å²) in [6, 6.07) is 6.36. The predicted molar refractivity (Wildman–Crippen MR) is 108 cm³/mol. The quantitative estimate of drug-likeness (QED) is 0.620. The lowest BCUT2D eigenvalue weighted by Gasteiger charge is -2.34. The van der Waals surface area contributed by atoms with Gasteiger partial charge >= 0.3 is 0 Å². The summed E-state index contributed by atoms with van der Waals surface area (Å²) in [5.41, 5.74) is 1.51. The first kappa shape index (κ1) is 20.2. The number of carbonyl (C=O) groups excluding carboxylic acids is 1. The Hall–Kier alpha value is -2.54. The SMILES string of the molecule is CCC1C=CCN1C(=O)C1CCN(c2nc3ccc(Cl)cc3o2)CC1.O=CO. The van der Waals surface area contributed by atoms with Gasteiger partial charge in [0, 0.05) is 36.6 Å². The fourth-order valence-electron chi connectivity index (χ4n) is 3.75.